The number of aryl methyl sites for hydroxylation is 1. The molecule has 2 N–H and O–H groups in total. The van der Waals surface area contributed by atoms with E-state index in [2.05, 4.69) is 15.3 Å². The molecule has 7 nitrogen and oxygen atoms in total. The van der Waals surface area contributed by atoms with E-state index >= 15 is 0 Å². The molecule has 0 spiro atoms. The molecular weight excluding hydrogens is 294 g/mol. The minimum absolute atomic E-state index is 0.250. The average molecular weight is 309 g/mol. The SMILES string of the molecule is CCOC(=O)C(C)NC(=O)c1sc2nc[nH]c(=O)c2c1C. The Morgan fingerprint density at radius 1 is 1.52 bits per heavy atom. The van der Waals surface area contributed by atoms with E-state index < -0.39 is 17.9 Å². The maximum atomic E-state index is 12.2. The standard InChI is InChI=1S/C13H15N3O4S/c1-4-20-13(19)7(3)16-11(18)9-6(2)8-10(17)14-5-15-12(8)21-9/h5,7H,4H2,1-3H3,(H,16,18)(H,14,15,17). The molecule has 0 saturated heterocycles. The summed E-state index contributed by atoms with van der Waals surface area (Å²) in [5.41, 5.74) is 0.268. The minimum atomic E-state index is -0.756. The van der Waals surface area contributed by atoms with E-state index in [-0.39, 0.29) is 12.2 Å². The zero-order chi connectivity index (χ0) is 15.6. The number of esters is 1. The first-order valence-corrected chi connectivity index (χ1v) is 7.21. The molecule has 2 aromatic rings. The number of amides is 1. The lowest BCUT2D eigenvalue weighted by atomic mass is 10.2. The summed E-state index contributed by atoms with van der Waals surface area (Å²) in [4.78, 5) is 42.9. The van der Waals surface area contributed by atoms with Gasteiger partial charge in [-0.05, 0) is 26.3 Å². The highest BCUT2D eigenvalue weighted by Crippen LogP contribution is 2.26. The summed E-state index contributed by atoms with van der Waals surface area (Å²) in [5.74, 6) is -0.920. The number of thiophene rings is 1. The van der Waals surface area contributed by atoms with Crippen LogP contribution in [0.3, 0.4) is 0 Å². The van der Waals surface area contributed by atoms with Crippen LogP contribution >= 0.6 is 11.3 Å². The second kappa shape index (κ2) is 6.04. The van der Waals surface area contributed by atoms with Gasteiger partial charge in [-0.2, -0.15) is 0 Å². The first kappa shape index (κ1) is 15.2. The monoisotopic (exact) mass is 309 g/mol. The van der Waals surface area contributed by atoms with Gasteiger partial charge in [0.2, 0.25) is 0 Å². The zero-order valence-electron chi connectivity index (χ0n) is 11.9. The van der Waals surface area contributed by atoms with Gasteiger partial charge in [0.25, 0.3) is 11.5 Å². The maximum Gasteiger partial charge on any atom is 0.328 e. The third-order valence-corrected chi connectivity index (χ3v) is 4.13. The van der Waals surface area contributed by atoms with Gasteiger partial charge < -0.3 is 15.0 Å². The molecule has 112 valence electrons. The van der Waals surface area contributed by atoms with Crippen molar-refractivity contribution in [2.45, 2.75) is 26.8 Å². The predicted molar refractivity (Wildman–Crippen MR) is 78.5 cm³/mol. The van der Waals surface area contributed by atoms with E-state index in [0.29, 0.717) is 20.7 Å². The molecule has 0 aliphatic rings. The van der Waals surface area contributed by atoms with Crippen LogP contribution in [0.15, 0.2) is 11.1 Å². The number of fused-ring (bicyclic) bond motifs is 1. The lowest BCUT2D eigenvalue weighted by Gasteiger charge is -2.12. The van der Waals surface area contributed by atoms with Crippen LogP contribution in [0.2, 0.25) is 0 Å². The summed E-state index contributed by atoms with van der Waals surface area (Å²) in [5, 5.41) is 2.96. The molecule has 0 radical (unpaired) electrons. The third kappa shape index (κ3) is 2.94. The van der Waals surface area contributed by atoms with Crippen LogP contribution < -0.4 is 10.9 Å². The van der Waals surface area contributed by atoms with Gasteiger partial charge in [-0.15, -0.1) is 11.3 Å². The van der Waals surface area contributed by atoms with Crippen LogP contribution in [-0.4, -0.2) is 34.5 Å². The Balaban J connectivity index is 2.28. The number of nitrogens with zero attached hydrogens (tertiary/aromatic N) is 1. The maximum absolute atomic E-state index is 12.2. The van der Waals surface area contributed by atoms with Gasteiger partial charge in [0.05, 0.1) is 23.2 Å². The average Bonchev–Trinajstić information content (AvgIpc) is 2.77. The fourth-order valence-corrected chi connectivity index (χ4v) is 2.94. The topological polar surface area (TPSA) is 101 Å². The molecule has 0 aromatic carbocycles. The van der Waals surface area contributed by atoms with E-state index in [1.165, 1.54) is 6.33 Å². The number of carbonyl (C=O) groups excluding carboxylic acids is 2. The summed E-state index contributed by atoms with van der Waals surface area (Å²) >= 11 is 1.12. The molecule has 1 atom stereocenters. The summed E-state index contributed by atoms with van der Waals surface area (Å²) < 4.78 is 4.83. The minimum Gasteiger partial charge on any atom is -0.464 e. The zero-order valence-corrected chi connectivity index (χ0v) is 12.7. The van der Waals surface area contributed by atoms with Crippen molar-refractivity contribution in [1.82, 2.24) is 15.3 Å². The molecule has 21 heavy (non-hydrogen) atoms. The number of rotatable bonds is 4. The number of H-pyrrole nitrogens is 1. The van der Waals surface area contributed by atoms with Crippen LogP contribution in [-0.2, 0) is 9.53 Å². The molecule has 2 heterocycles. The fraction of sp³-hybridized carbons (Fsp3) is 0.385. The molecule has 0 fully saturated rings. The second-order valence-corrected chi connectivity index (χ2v) is 5.41. The normalized spacial score (nSPS) is 12.1. The van der Waals surface area contributed by atoms with E-state index in [1.807, 2.05) is 0 Å². The van der Waals surface area contributed by atoms with Crippen LogP contribution in [0.4, 0.5) is 0 Å². The largest absolute Gasteiger partial charge is 0.464 e. The molecular formula is C13H15N3O4S. The van der Waals surface area contributed by atoms with Crippen molar-refractivity contribution < 1.29 is 14.3 Å². The number of hydrogen-bond acceptors (Lipinski definition) is 6. The highest BCUT2D eigenvalue weighted by atomic mass is 32.1. The Morgan fingerprint density at radius 3 is 2.86 bits per heavy atom. The summed E-state index contributed by atoms with van der Waals surface area (Å²) in [6.07, 6.45) is 1.30. The molecule has 0 bridgehead atoms. The van der Waals surface area contributed by atoms with Gasteiger partial charge in [-0.3, -0.25) is 9.59 Å². The van der Waals surface area contributed by atoms with Gasteiger partial charge in [0.15, 0.2) is 0 Å². The van der Waals surface area contributed by atoms with Crippen LogP contribution in [0, 0.1) is 6.92 Å². The highest BCUT2D eigenvalue weighted by molar-refractivity contribution is 7.20. The Labute approximate surface area is 124 Å². The molecule has 1 unspecified atom stereocenters. The van der Waals surface area contributed by atoms with Gasteiger partial charge >= 0.3 is 5.97 Å². The third-order valence-electron chi connectivity index (χ3n) is 2.93. The van der Waals surface area contributed by atoms with Gasteiger partial charge in [0.1, 0.15) is 10.9 Å². The van der Waals surface area contributed by atoms with E-state index in [1.54, 1.807) is 20.8 Å². The molecule has 8 heteroatoms. The lowest BCUT2D eigenvalue weighted by molar-refractivity contribution is -0.144. The molecule has 2 aromatic heterocycles. The van der Waals surface area contributed by atoms with Crippen molar-refractivity contribution >= 4 is 33.4 Å². The molecule has 2 rings (SSSR count). The summed E-state index contributed by atoms with van der Waals surface area (Å²) in [6, 6.07) is -0.756. The Hall–Kier alpha value is -2.22. The van der Waals surface area contributed by atoms with Crippen molar-refractivity contribution in [1.29, 1.82) is 0 Å². The quantitative estimate of drug-likeness (QED) is 0.820. The van der Waals surface area contributed by atoms with Crippen molar-refractivity contribution in [2.24, 2.45) is 0 Å². The highest BCUT2D eigenvalue weighted by Gasteiger charge is 2.22. The van der Waals surface area contributed by atoms with Gasteiger partial charge in [-0.25, -0.2) is 9.78 Å². The van der Waals surface area contributed by atoms with Crippen LogP contribution in [0.25, 0.3) is 10.2 Å². The fourth-order valence-electron chi connectivity index (χ4n) is 1.88. The predicted octanol–water partition coefficient (Wildman–Crippen LogP) is 0.974. The van der Waals surface area contributed by atoms with Crippen molar-refractivity contribution in [3.63, 3.8) is 0 Å². The molecule has 1 amide bonds. The van der Waals surface area contributed by atoms with Gasteiger partial charge in [-0.1, -0.05) is 0 Å². The summed E-state index contributed by atoms with van der Waals surface area (Å²) in [7, 11) is 0. The van der Waals surface area contributed by atoms with E-state index in [4.69, 9.17) is 4.74 Å². The van der Waals surface area contributed by atoms with Crippen molar-refractivity contribution in [3.05, 3.63) is 27.1 Å². The van der Waals surface area contributed by atoms with Gasteiger partial charge in [0, 0.05) is 0 Å². The molecule has 0 saturated carbocycles. The van der Waals surface area contributed by atoms with Crippen LogP contribution in [0.1, 0.15) is 29.1 Å². The Bertz CT molecular complexity index is 749. The molecule has 0 aliphatic heterocycles. The number of hydrogen-bond donors (Lipinski definition) is 2. The number of carbonyl (C=O) groups is 2. The number of aromatic nitrogens is 2. The second-order valence-electron chi connectivity index (χ2n) is 4.42. The smallest absolute Gasteiger partial charge is 0.328 e. The summed E-state index contributed by atoms with van der Waals surface area (Å²) in [6.45, 7) is 5.17. The van der Waals surface area contributed by atoms with E-state index in [0.717, 1.165) is 11.3 Å². The van der Waals surface area contributed by atoms with Crippen LogP contribution in [0.5, 0.6) is 0 Å². The first-order valence-electron chi connectivity index (χ1n) is 6.40. The lowest BCUT2D eigenvalue weighted by Crippen LogP contribution is -2.39. The Morgan fingerprint density at radius 2 is 2.24 bits per heavy atom. The van der Waals surface area contributed by atoms with Crippen molar-refractivity contribution in [2.75, 3.05) is 6.61 Å². The number of aromatic amines is 1. The number of nitrogens with one attached hydrogen (secondary N) is 2. The number of ether oxygens (including phenoxy) is 1. The Kier molecular flexibility index (Phi) is 4.37. The molecule has 0 aliphatic carbocycles. The first-order chi connectivity index (χ1) is 9.95. The van der Waals surface area contributed by atoms with Crippen molar-refractivity contribution in [3.8, 4) is 0 Å². The van der Waals surface area contributed by atoms with E-state index in [9.17, 15) is 14.4 Å².